The van der Waals surface area contributed by atoms with Crippen LogP contribution in [0.3, 0.4) is 0 Å². The summed E-state index contributed by atoms with van der Waals surface area (Å²) in [6.45, 7) is 11.8. The summed E-state index contributed by atoms with van der Waals surface area (Å²) in [5.41, 5.74) is 1.82. The Bertz CT molecular complexity index is 1050. The van der Waals surface area contributed by atoms with E-state index in [1.807, 2.05) is 27.7 Å². The zero-order valence-electron chi connectivity index (χ0n) is 19.9. The lowest BCUT2D eigenvalue weighted by Crippen LogP contribution is -2.40. The number of allylic oxidation sites excluding steroid dienone is 1. The van der Waals surface area contributed by atoms with Gasteiger partial charge in [0.05, 0.1) is 18.4 Å². The Morgan fingerprint density at radius 1 is 1.21 bits per heavy atom. The van der Waals surface area contributed by atoms with E-state index in [9.17, 15) is 19.1 Å². The largest absolute Gasteiger partial charge is 0.479 e. The fourth-order valence-electron chi connectivity index (χ4n) is 2.86. The van der Waals surface area contributed by atoms with Crippen molar-refractivity contribution in [2.45, 2.75) is 54.0 Å². The summed E-state index contributed by atoms with van der Waals surface area (Å²) in [6, 6.07) is 2.92. The number of rotatable bonds is 10. The number of nitrogens with zero attached hydrogens (tertiary/aromatic N) is 1. The van der Waals surface area contributed by atoms with Crippen molar-refractivity contribution < 1.29 is 28.6 Å². The summed E-state index contributed by atoms with van der Waals surface area (Å²) in [7, 11) is 0. The van der Waals surface area contributed by atoms with Crippen LogP contribution in [0, 0.1) is 25.6 Å². The number of halogens is 1. The molecule has 0 unspecified atom stereocenters. The molecular formula is C25H31FN2O5. The molecule has 1 amide bonds. The molecule has 1 heterocycles. The zero-order chi connectivity index (χ0) is 24.7. The van der Waals surface area contributed by atoms with E-state index in [0.29, 0.717) is 36.1 Å². The molecule has 2 aromatic rings. The number of carboxylic acids is 1. The highest BCUT2D eigenvalue weighted by Crippen LogP contribution is 2.29. The second kappa shape index (κ2) is 11.4. The molecule has 0 saturated heterocycles. The molecule has 0 bridgehead atoms. The fourth-order valence-corrected chi connectivity index (χ4v) is 2.86. The van der Waals surface area contributed by atoms with Crippen molar-refractivity contribution in [2.75, 3.05) is 6.61 Å². The summed E-state index contributed by atoms with van der Waals surface area (Å²) < 4.78 is 26.2. The Morgan fingerprint density at radius 2 is 1.91 bits per heavy atom. The maximum atomic E-state index is 14.7. The molecule has 2 rings (SSSR count). The number of hydrogen-bond donors (Lipinski definition) is 2. The quantitative estimate of drug-likeness (QED) is 0.475. The molecular weight excluding hydrogens is 427 g/mol. The van der Waals surface area contributed by atoms with Crippen molar-refractivity contribution in [2.24, 2.45) is 5.92 Å². The zero-order valence-corrected chi connectivity index (χ0v) is 19.9. The van der Waals surface area contributed by atoms with Gasteiger partial charge in [0, 0.05) is 11.6 Å². The van der Waals surface area contributed by atoms with Crippen LogP contribution in [-0.4, -0.2) is 34.6 Å². The minimum Gasteiger partial charge on any atom is -0.479 e. The number of ether oxygens (including phenoxy) is 2. The van der Waals surface area contributed by atoms with Gasteiger partial charge in [0.2, 0.25) is 5.88 Å². The van der Waals surface area contributed by atoms with E-state index in [-0.39, 0.29) is 11.3 Å². The Hall–Kier alpha value is -3.42. The predicted molar refractivity (Wildman–Crippen MR) is 123 cm³/mol. The van der Waals surface area contributed by atoms with Crippen molar-refractivity contribution in [3.63, 3.8) is 0 Å². The van der Waals surface area contributed by atoms with E-state index in [1.165, 1.54) is 18.3 Å². The number of nitrogens with one attached hydrogen (secondary N) is 1. The topological polar surface area (TPSA) is 97.8 Å². The van der Waals surface area contributed by atoms with Crippen molar-refractivity contribution in [1.82, 2.24) is 10.3 Å². The SMILES string of the molecule is CCC(C)=C[C@H](NC(=O)c1cc(C)c(Oc2cnc(OCC(C)C)c(C)c2)cc1F)C(=O)O. The highest BCUT2D eigenvalue weighted by atomic mass is 19.1. The monoisotopic (exact) mass is 458 g/mol. The number of carboxylic acid groups (broad SMARTS) is 1. The van der Waals surface area contributed by atoms with Gasteiger partial charge in [-0.3, -0.25) is 4.79 Å². The van der Waals surface area contributed by atoms with Crippen LogP contribution in [0.15, 0.2) is 36.0 Å². The van der Waals surface area contributed by atoms with E-state index in [1.54, 1.807) is 19.9 Å². The standard InChI is InChI=1S/C25H31FN2O5/c1-7-15(4)8-21(25(30)31)28-23(29)19-10-16(5)22(11-20(19)26)33-18-9-17(6)24(27-12-18)32-13-14(2)3/h8-12,14,21H,7,13H2,1-6H3,(H,28,29)(H,30,31)/t21-/m0/s1. The lowest BCUT2D eigenvalue weighted by molar-refractivity contribution is -0.137. The fraction of sp³-hybridized carbons (Fsp3) is 0.400. The number of amides is 1. The third-order valence-corrected chi connectivity index (χ3v) is 4.86. The minimum absolute atomic E-state index is 0.220. The Labute approximate surface area is 193 Å². The van der Waals surface area contributed by atoms with Gasteiger partial charge in [-0.15, -0.1) is 0 Å². The lowest BCUT2D eigenvalue weighted by Gasteiger charge is -2.15. The van der Waals surface area contributed by atoms with Gasteiger partial charge in [-0.1, -0.05) is 32.4 Å². The number of aromatic nitrogens is 1. The van der Waals surface area contributed by atoms with Crippen molar-refractivity contribution in [3.05, 3.63) is 58.6 Å². The molecule has 1 aromatic heterocycles. The van der Waals surface area contributed by atoms with Gasteiger partial charge in [-0.2, -0.15) is 0 Å². The summed E-state index contributed by atoms with van der Waals surface area (Å²) in [5, 5.41) is 11.7. The maximum Gasteiger partial charge on any atom is 0.330 e. The second-order valence-corrected chi connectivity index (χ2v) is 8.35. The van der Waals surface area contributed by atoms with Crippen LogP contribution in [-0.2, 0) is 4.79 Å². The van der Waals surface area contributed by atoms with E-state index >= 15 is 0 Å². The highest BCUT2D eigenvalue weighted by Gasteiger charge is 2.22. The Balaban J connectivity index is 2.20. The average molecular weight is 459 g/mol. The van der Waals surface area contributed by atoms with Crippen LogP contribution >= 0.6 is 0 Å². The van der Waals surface area contributed by atoms with Crippen LogP contribution in [0.25, 0.3) is 0 Å². The first-order chi connectivity index (χ1) is 15.5. The lowest BCUT2D eigenvalue weighted by atomic mass is 10.1. The molecule has 0 aliphatic rings. The molecule has 0 fully saturated rings. The molecule has 0 spiro atoms. The van der Waals surface area contributed by atoms with Crippen LogP contribution in [0.2, 0.25) is 0 Å². The van der Waals surface area contributed by atoms with Gasteiger partial charge in [0.25, 0.3) is 5.91 Å². The molecule has 1 atom stereocenters. The summed E-state index contributed by atoms with van der Waals surface area (Å²) in [4.78, 5) is 28.3. The smallest absolute Gasteiger partial charge is 0.330 e. The molecule has 0 saturated carbocycles. The van der Waals surface area contributed by atoms with E-state index in [0.717, 1.165) is 17.2 Å². The molecule has 7 nitrogen and oxygen atoms in total. The van der Waals surface area contributed by atoms with Gasteiger partial charge in [0.15, 0.2) is 0 Å². The van der Waals surface area contributed by atoms with Crippen molar-refractivity contribution >= 4 is 11.9 Å². The number of carbonyl (C=O) groups is 2. The molecule has 0 radical (unpaired) electrons. The first-order valence-electron chi connectivity index (χ1n) is 10.8. The first-order valence-corrected chi connectivity index (χ1v) is 10.8. The van der Waals surface area contributed by atoms with E-state index in [2.05, 4.69) is 10.3 Å². The predicted octanol–water partition coefficient (Wildman–Crippen LogP) is 5.20. The number of hydrogen-bond acceptors (Lipinski definition) is 5. The maximum absolute atomic E-state index is 14.7. The highest BCUT2D eigenvalue weighted by molar-refractivity contribution is 5.97. The second-order valence-electron chi connectivity index (χ2n) is 8.35. The third-order valence-electron chi connectivity index (χ3n) is 4.86. The molecule has 178 valence electrons. The average Bonchev–Trinajstić information content (AvgIpc) is 2.74. The molecule has 33 heavy (non-hydrogen) atoms. The molecule has 2 N–H and O–H groups in total. The molecule has 0 aliphatic heterocycles. The van der Waals surface area contributed by atoms with Gasteiger partial charge >= 0.3 is 5.97 Å². The number of pyridine rings is 1. The van der Waals surface area contributed by atoms with Gasteiger partial charge < -0.3 is 19.9 Å². The first kappa shape index (κ1) is 25.8. The van der Waals surface area contributed by atoms with Crippen LogP contribution in [0.5, 0.6) is 17.4 Å². The normalized spacial score (nSPS) is 12.4. The third kappa shape index (κ3) is 7.30. The summed E-state index contributed by atoms with van der Waals surface area (Å²) >= 11 is 0. The van der Waals surface area contributed by atoms with E-state index in [4.69, 9.17) is 9.47 Å². The number of aryl methyl sites for hydroxylation is 2. The summed E-state index contributed by atoms with van der Waals surface area (Å²) in [5.74, 6) is -1.38. The van der Waals surface area contributed by atoms with Crippen molar-refractivity contribution in [1.29, 1.82) is 0 Å². The number of benzene rings is 1. The van der Waals surface area contributed by atoms with Crippen LogP contribution in [0.4, 0.5) is 4.39 Å². The van der Waals surface area contributed by atoms with Crippen LogP contribution < -0.4 is 14.8 Å². The Morgan fingerprint density at radius 3 is 2.48 bits per heavy atom. The number of aliphatic carboxylic acids is 1. The molecule has 8 heteroatoms. The number of carbonyl (C=O) groups excluding carboxylic acids is 1. The van der Waals surface area contributed by atoms with Crippen molar-refractivity contribution in [3.8, 4) is 17.4 Å². The summed E-state index contributed by atoms with van der Waals surface area (Å²) in [6.07, 6.45) is 3.56. The van der Waals surface area contributed by atoms with E-state index < -0.39 is 23.7 Å². The van der Waals surface area contributed by atoms with Crippen LogP contribution in [0.1, 0.15) is 55.6 Å². The van der Waals surface area contributed by atoms with Gasteiger partial charge in [-0.25, -0.2) is 14.2 Å². The molecule has 1 aromatic carbocycles. The Kier molecular flexibility index (Phi) is 8.96. The molecule has 0 aliphatic carbocycles. The minimum atomic E-state index is -1.25. The van der Waals surface area contributed by atoms with Gasteiger partial charge in [0.1, 0.15) is 23.4 Å². The van der Waals surface area contributed by atoms with Gasteiger partial charge in [-0.05, 0) is 50.8 Å².